The van der Waals surface area contributed by atoms with Gasteiger partial charge in [0.05, 0.1) is 4.92 Å². The first-order valence-electron chi connectivity index (χ1n) is 6.54. The van der Waals surface area contributed by atoms with E-state index in [0.29, 0.717) is 5.56 Å². The van der Waals surface area contributed by atoms with Crippen LogP contribution in [0.15, 0.2) is 42.5 Å². The van der Waals surface area contributed by atoms with Crippen LogP contribution in [-0.4, -0.2) is 17.4 Å². The highest BCUT2D eigenvalue weighted by atomic mass is 19.2. The van der Waals surface area contributed by atoms with Crippen molar-refractivity contribution < 1.29 is 23.2 Å². The molecule has 2 aromatic rings. The molecule has 0 atom stereocenters. The average molecular weight is 322 g/mol. The van der Waals surface area contributed by atoms with Crippen molar-refractivity contribution in [3.05, 3.63) is 69.8 Å². The molecule has 0 bridgehead atoms. The van der Waals surface area contributed by atoms with Crippen molar-refractivity contribution >= 4 is 11.6 Å². The van der Waals surface area contributed by atoms with Gasteiger partial charge in [0.25, 0.3) is 11.6 Å². The molecular formula is C15H12F2N2O4. The highest BCUT2D eigenvalue weighted by Gasteiger charge is 2.13. The minimum absolute atomic E-state index is 0.00439. The van der Waals surface area contributed by atoms with E-state index < -0.39 is 29.1 Å². The normalized spacial score (nSPS) is 10.2. The van der Waals surface area contributed by atoms with Gasteiger partial charge in [0.2, 0.25) is 0 Å². The second kappa shape index (κ2) is 7.30. The zero-order chi connectivity index (χ0) is 16.8. The number of para-hydroxylation sites is 1. The number of nitrogens with zero attached hydrogens (tertiary/aromatic N) is 1. The molecule has 0 saturated heterocycles. The summed E-state index contributed by atoms with van der Waals surface area (Å²) >= 11 is 0. The van der Waals surface area contributed by atoms with E-state index in [9.17, 15) is 23.7 Å². The van der Waals surface area contributed by atoms with E-state index >= 15 is 0 Å². The quantitative estimate of drug-likeness (QED) is 0.654. The number of nitrogens with one attached hydrogen (secondary N) is 1. The Labute approximate surface area is 129 Å². The average Bonchev–Trinajstić information content (AvgIpc) is 2.54. The fourth-order valence-corrected chi connectivity index (χ4v) is 1.80. The number of amides is 1. The Kier molecular flexibility index (Phi) is 5.19. The van der Waals surface area contributed by atoms with E-state index in [0.717, 1.165) is 12.1 Å². The zero-order valence-corrected chi connectivity index (χ0v) is 11.8. The summed E-state index contributed by atoms with van der Waals surface area (Å²) in [6.07, 6.45) is 0. The minimum Gasteiger partial charge on any atom is -0.484 e. The van der Waals surface area contributed by atoms with Gasteiger partial charge in [-0.05, 0) is 12.1 Å². The molecule has 23 heavy (non-hydrogen) atoms. The number of hydrogen-bond donors (Lipinski definition) is 1. The van der Waals surface area contributed by atoms with Gasteiger partial charge in [0.1, 0.15) is 5.75 Å². The van der Waals surface area contributed by atoms with E-state index in [2.05, 4.69) is 5.32 Å². The zero-order valence-electron chi connectivity index (χ0n) is 11.8. The molecule has 0 unspecified atom stereocenters. The fourth-order valence-electron chi connectivity index (χ4n) is 1.80. The molecule has 1 N–H and O–H groups in total. The Hall–Kier alpha value is -3.03. The largest absolute Gasteiger partial charge is 0.484 e. The summed E-state index contributed by atoms with van der Waals surface area (Å²) in [6.45, 7) is -0.469. The number of hydrogen-bond acceptors (Lipinski definition) is 4. The lowest BCUT2D eigenvalue weighted by Crippen LogP contribution is -2.28. The molecule has 120 valence electrons. The second-order valence-corrected chi connectivity index (χ2v) is 4.53. The number of nitro groups is 1. The summed E-state index contributed by atoms with van der Waals surface area (Å²) < 4.78 is 30.7. The van der Waals surface area contributed by atoms with Crippen LogP contribution < -0.4 is 10.1 Å². The van der Waals surface area contributed by atoms with Gasteiger partial charge in [-0.15, -0.1) is 0 Å². The van der Waals surface area contributed by atoms with Crippen molar-refractivity contribution in [3.8, 4) is 5.75 Å². The third-order valence-electron chi connectivity index (χ3n) is 2.93. The molecule has 0 aliphatic carbocycles. The van der Waals surface area contributed by atoms with Gasteiger partial charge in [0.15, 0.2) is 18.2 Å². The molecule has 1 amide bonds. The van der Waals surface area contributed by atoms with E-state index in [4.69, 9.17) is 4.74 Å². The molecule has 2 rings (SSSR count). The van der Waals surface area contributed by atoms with Crippen LogP contribution in [0.25, 0.3) is 0 Å². The van der Waals surface area contributed by atoms with E-state index in [-0.39, 0.29) is 18.0 Å². The molecule has 0 heterocycles. The summed E-state index contributed by atoms with van der Waals surface area (Å²) in [5.41, 5.74) is 0.244. The lowest BCUT2D eigenvalue weighted by Gasteiger charge is -2.08. The molecule has 0 aliphatic rings. The Balaban J connectivity index is 1.88. The lowest BCUT2D eigenvalue weighted by molar-refractivity contribution is -0.385. The number of halogens is 2. The van der Waals surface area contributed by atoms with E-state index in [1.165, 1.54) is 24.3 Å². The summed E-state index contributed by atoms with van der Waals surface area (Å²) in [5.74, 6) is -2.64. The SMILES string of the molecule is O=C(COc1ccc(F)c(F)c1)NCc1ccccc1[N+](=O)[O-]. The predicted octanol–water partition coefficient (Wildman–Crippen LogP) is 2.57. The van der Waals surface area contributed by atoms with Crippen LogP contribution in [-0.2, 0) is 11.3 Å². The molecule has 0 spiro atoms. The number of nitro benzene ring substituents is 1. The number of carbonyl (C=O) groups excluding carboxylic acids is 1. The number of carbonyl (C=O) groups is 1. The first-order chi connectivity index (χ1) is 11.0. The van der Waals surface area contributed by atoms with Crippen LogP contribution in [0.3, 0.4) is 0 Å². The van der Waals surface area contributed by atoms with Crippen LogP contribution in [0, 0.1) is 21.7 Å². The maximum atomic E-state index is 13.0. The summed E-state index contributed by atoms with van der Waals surface area (Å²) in [7, 11) is 0. The summed E-state index contributed by atoms with van der Waals surface area (Å²) in [5, 5.41) is 13.3. The fraction of sp³-hybridized carbons (Fsp3) is 0.133. The molecular weight excluding hydrogens is 310 g/mol. The third kappa shape index (κ3) is 4.47. The molecule has 0 aliphatic heterocycles. The van der Waals surface area contributed by atoms with Crippen molar-refractivity contribution in [2.75, 3.05) is 6.61 Å². The van der Waals surface area contributed by atoms with Crippen LogP contribution in [0.5, 0.6) is 5.75 Å². The molecule has 0 radical (unpaired) electrons. The highest BCUT2D eigenvalue weighted by molar-refractivity contribution is 5.77. The smallest absolute Gasteiger partial charge is 0.274 e. The first-order valence-corrected chi connectivity index (χ1v) is 6.54. The molecule has 0 saturated carbocycles. The molecule has 8 heteroatoms. The van der Waals surface area contributed by atoms with Gasteiger partial charge in [0, 0.05) is 24.2 Å². The molecule has 0 aromatic heterocycles. The van der Waals surface area contributed by atoms with Crippen LogP contribution in [0.1, 0.15) is 5.56 Å². The lowest BCUT2D eigenvalue weighted by atomic mass is 10.2. The minimum atomic E-state index is -1.08. The van der Waals surface area contributed by atoms with Crippen molar-refractivity contribution in [1.29, 1.82) is 0 Å². The van der Waals surface area contributed by atoms with Gasteiger partial charge in [-0.3, -0.25) is 14.9 Å². The van der Waals surface area contributed by atoms with Gasteiger partial charge in [-0.25, -0.2) is 8.78 Å². The van der Waals surface area contributed by atoms with E-state index in [1.807, 2.05) is 0 Å². The standard InChI is InChI=1S/C15H12F2N2O4/c16-12-6-5-11(7-13(12)17)23-9-15(20)18-8-10-3-1-2-4-14(10)19(21)22/h1-7H,8-9H2,(H,18,20). The van der Waals surface area contributed by atoms with Gasteiger partial charge in [-0.1, -0.05) is 18.2 Å². The monoisotopic (exact) mass is 322 g/mol. The topological polar surface area (TPSA) is 81.5 Å². The number of rotatable bonds is 6. The van der Waals surface area contributed by atoms with Crippen LogP contribution in [0.4, 0.5) is 14.5 Å². The Morgan fingerprint density at radius 1 is 1.17 bits per heavy atom. The van der Waals surface area contributed by atoms with Crippen molar-refractivity contribution in [3.63, 3.8) is 0 Å². The first kappa shape index (κ1) is 16.3. The predicted molar refractivity (Wildman–Crippen MR) is 76.8 cm³/mol. The number of ether oxygens (including phenoxy) is 1. The van der Waals surface area contributed by atoms with Gasteiger partial charge in [-0.2, -0.15) is 0 Å². The molecule has 0 fully saturated rings. The van der Waals surface area contributed by atoms with Crippen LogP contribution >= 0.6 is 0 Å². The Morgan fingerprint density at radius 2 is 1.91 bits per heavy atom. The third-order valence-corrected chi connectivity index (χ3v) is 2.93. The van der Waals surface area contributed by atoms with Crippen LogP contribution in [0.2, 0.25) is 0 Å². The second-order valence-electron chi connectivity index (χ2n) is 4.53. The van der Waals surface area contributed by atoms with Gasteiger partial charge >= 0.3 is 0 Å². The Morgan fingerprint density at radius 3 is 2.61 bits per heavy atom. The van der Waals surface area contributed by atoms with Crippen molar-refractivity contribution in [2.45, 2.75) is 6.54 Å². The van der Waals surface area contributed by atoms with Crippen molar-refractivity contribution in [2.24, 2.45) is 0 Å². The van der Waals surface area contributed by atoms with Gasteiger partial charge < -0.3 is 10.1 Å². The Bertz CT molecular complexity index is 737. The number of benzene rings is 2. The molecule has 6 nitrogen and oxygen atoms in total. The molecule has 2 aromatic carbocycles. The summed E-state index contributed by atoms with van der Waals surface area (Å²) in [4.78, 5) is 21.9. The van der Waals surface area contributed by atoms with Crippen molar-refractivity contribution in [1.82, 2.24) is 5.32 Å². The summed E-state index contributed by atoms with van der Waals surface area (Å²) in [6, 6.07) is 8.89. The maximum Gasteiger partial charge on any atom is 0.274 e. The van der Waals surface area contributed by atoms with E-state index in [1.54, 1.807) is 6.07 Å². The highest BCUT2D eigenvalue weighted by Crippen LogP contribution is 2.17. The maximum absolute atomic E-state index is 13.0.